The van der Waals surface area contributed by atoms with E-state index in [1.807, 2.05) is 0 Å². The van der Waals surface area contributed by atoms with Crippen molar-refractivity contribution in [1.29, 1.82) is 0 Å². The van der Waals surface area contributed by atoms with E-state index >= 15 is 0 Å². The number of nitrogens with zero attached hydrogens (tertiary/aromatic N) is 2. The van der Waals surface area contributed by atoms with Gasteiger partial charge in [0.1, 0.15) is 24.2 Å². The molecule has 126 valence electrons. The van der Waals surface area contributed by atoms with Crippen molar-refractivity contribution in [3.05, 3.63) is 44.5 Å². The van der Waals surface area contributed by atoms with Crippen LogP contribution >= 0.6 is 0 Å². The summed E-state index contributed by atoms with van der Waals surface area (Å²) >= 11 is 0. The molecule has 1 N–H and O–H groups in total. The number of carbonyl (C=O) groups excluding carboxylic acids is 1. The van der Waals surface area contributed by atoms with Crippen molar-refractivity contribution in [3.63, 3.8) is 0 Å². The van der Waals surface area contributed by atoms with Crippen molar-refractivity contribution in [2.24, 2.45) is 0 Å². The highest BCUT2D eigenvalue weighted by molar-refractivity contribution is 5.72. The number of hydrogen-bond donors (Lipinski definition) is 1. The van der Waals surface area contributed by atoms with Crippen LogP contribution in [0.3, 0.4) is 0 Å². The van der Waals surface area contributed by atoms with E-state index in [2.05, 4.69) is 9.68 Å². The fourth-order valence-corrected chi connectivity index (χ4v) is 1.60. The Hall–Kier alpha value is -3.11. The molecule has 23 heavy (non-hydrogen) atoms. The summed E-state index contributed by atoms with van der Waals surface area (Å²) in [5, 5.41) is 27.2. The van der Waals surface area contributed by atoms with E-state index in [4.69, 9.17) is 9.84 Å². The summed E-state index contributed by atoms with van der Waals surface area (Å²) in [7, 11) is 0. The molecule has 0 aliphatic rings. The second kappa shape index (κ2) is 9.02. The molecule has 11 heteroatoms. The number of benzene rings is 1. The predicted octanol–water partition coefficient (Wildman–Crippen LogP) is 1.25. The predicted molar refractivity (Wildman–Crippen MR) is 72.4 cm³/mol. The molecule has 0 aliphatic heterocycles. The number of esters is 1. The topological polar surface area (TPSA) is 151 Å². The van der Waals surface area contributed by atoms with Crippen molar-refractivity contribution in [1.82, 2.24) is 0 Å². The summed E-state index contributed by atoms with van der Waals surface area (Å²) in [5.41, 5.74) is 0. The van der Waals surface area contributed by atoms with Gasteiger partial charge in [-0.05, 0) is 37.1 Å². The van der Waals surface area contributed by atoms with Gasteiger partial charge in [0.2, 0.25) is 0 Å². The zero-order valence-corrected chi connectivity index (χ0v) is 11.8. The first kappa shape index (κ1) is 17.9. The molecule has 11 nitrogen and oxygen atoms in total. The fourth-order valence-electron chi connectivity index (χ4n) is 1.60. The Morgan fingerprint density at radius 3 is 2.39 bits per heavy atom. The lowest BCUT2D eigenvalue weighted by Gasteiger charge is -2.13. The summed E-state index contributed by atoms with van der Waals surface area (Å²) < 4.78 is 4.97. The van der Waals surface area contributed by atoms with Gasteiger partial charge in [0.25, 0.3) is 10.2 Å². The smallest absolute Gasteiger partial charge is 0.311 e. The van der Waals surface area contributed by atoms with Crippen LogP contribution in [-0.4, -0.2) is 34.0 Å². The van der Waals surface area contributed by atoms with E-state index in [9.17, 15) is 25.0 Å². The highest BCUT2D eigenvalue weighted by atomic mass is 17.0. The number of carbonyl (C=O) groups is 1. The van der Waals surface area contributed by atoms with E-state index in [0.29, 0.717) is 0 Å². The van der Waals surface area contributed by atoms with Crippen molar-refractivity contribution < 1.29 is 34.5 Å². The summed E-state index contributed by atoms with van der Waals surface area (Å²) in [6.07, 6.45) is -1.08. The number of hydrogen-bond acceptors (Lipinski definition) is 9. The van der Waals surface area contributed by atoms with Crippen LogP contribution in [0.1, 0.15) is 19.3 Å². The van der Waals surface area contributed by atoms with E-state index < -0.39 is 28.9 Å². The van der Waals surface area contributed by atoms with E-state index in [-0.39, 0.29) is 30.8 Å². The molecule has 0 saturated carbocycles. The largest absolute Gasteiger partial charge is 0.508 e. The Balaban J connectivity index is 2.35. The van der Waals surface area contributed by atoms with Crippen LogP contribution in [0, 0.1) is 20.2 Å². The monoisotopic (exact) mass is 330 g/mol. The Morgan fingerprint density at radius 1 is 1.17 bits per heavy atom. The molecule has 0 saturated heterocycles. The van der Waals surface area contributed by atoms with Crippen molar-refractivity contribution in [2.75, 3.05) is 6.61 Å². The van der Waals surface area contributed by atoms with Crippen LogP contribution in [0.5, 0.6) is 11.5 Å². The average Bonchev–Trinajstić information content (AvgIpc) is 2.46. The maximum Gasteiger partial charge on any atom is 0.311 e. The average molecular weight is 330 g/mol. The zero-order chi connectivity index (χ0) is 17.2. The standard InChI is InChI=1S/C12H14N2O9/c15-9-4-6-10(7-5-9)22-12(16)3-1-2-11(23-14(19)20)8-21-13(17)18/h4-7,11,15H,1-3,8H2. The van der Waals surface area contributed by atoms with Gasteiger partial charge >= 0.3 is 5.97 Å². The van der Waals surface area contributed by atoms with Crippen LogP contribution in [0.25, 0.3) is 0 Å². The quantitative estimate of drug-likeness (QED) is 0.289. The third-order valence-electron chi connectivity index (χ3n) is 2.58. The van der Waals surface area contributed by atoms with Gasteiger partial charge in [0.15, 0.2) is 0 Å². The third-order valence-corrected chi connectivity index (χ3v) is 2.58. The first-order chi connectivity index (χ1) is 10.9. The maximum atomic E-state index is 11.6. The molecule has 0 radical (unpaired) electrons. The summed E-state index contributed by atoms with van der Waals surface area (Å²) in [4.78, 5) is 40.1. The van der Waals surface area contributed by atoms with E-state index in [1.165, 1.54) is 24.3 Å². The Labute approximate surface area is 129 Å². The van der Waals surface area contributed by atoms with Crippen molar-refractivity contribution in [3.8, 4) is 11.5 Å². The zero-order valence-electron chi connectivity index (χ0n) is 11.8. The summed E-state index contributed by atoms with van der Waals surface area (Å²) in [6, 6.07) is 5.49. The molecule has 1 unspecified atom stereocenters. The molecule has 0 bridgehead atoms. The molecule has 0 spiro atoms. The summed E-state index contributed by atoms with van der Waals surface area (Å²) in [6.45, 7) is -0.610. The molecule has 0 aromatic heterocycles. The minimum Gasteiger partial charge on any atom is -0.508 e. The van der Waals surface area contributed by atoms with Gasteiger partial charge < -0.3 is 19.5 Å². The first-order valence-electron chi connectivity index (χ1n) is 6.45. The van der Waals surface area contributed by atoms with Gasteiger partial charge in [-0.25, -0.2) is 0 Å². The molecule has 1 atom stereocenters. The number of rotatable bonds is 10. The number of aromatic hydroxyl groups is 1. The highest BCUT2D eigenvalue weighted by Crippen LogP contribution is 2.17. The molecule has 0 heterocycles. The molecular formula is C12H14N2O9. The highest BCUT2D eigenvalue weighted by Gasteiger charge is 2.16. The van der Waals surface area contributed by atoms with E-state index in [0.717, 1.165) is 0 Å². The van der Waals surface area contributed by atoms with Gasteiger partial charge in [-0.2, -0.15) is 0 Å². The van der Waals surface area contributed by atoms with Gasteiger partial charge in [-0.3, -0.25) is 4.79 Å². The normalized spacial score (nSPS) is 11.3. The second-order valence-electron chi connectivity index (χ2n) is 4.33. The number of ether oxygens (including phenoxy) is 1. The fraction of sp³-hybridized carbons (Fsp3) is 0.417. The van der Waals surface area contributed by atoms with Gasteiger partial charge in [0, 0.05) is 6.42 Å². The van der Waals surface area contributed by atoms with Gasteiger partial charge in [-0.1, -0.05) is 0 Å². The third kappa shape index (κ3) is 8.04. The number of phenolic OH excluding ortho intramolecular Hbond substituents is 1. The van der Waals surface area contributed by atoms with Gasteiger partial charge in [0.05, 0.1) is 0 Å². The maximum absolute atomic E-state index is 11.6. The van der Waals surface area contributed by atoms with Crippen LogP contribution in [0.2, 0.25) is 0 Å². The molecule has 0 amide bonds. The van der Waals surface area contributed by atoms with Crippen LogP contribution in [0.4, 0.5) is 0 Å². The Bertz CT molecular complexity index is 546. The minimum atomic E-state index is -1.16. The van der Waals surface area contributed by atoms with Crippen LogP contribution < -0.4 is 4.74 Å². The Morgan fingerprint density at radius 2 is 1.83 bits per heavy atom. The molecule has 1 rings (SSSR count). The molecule has 0 fully saturated rings. The molecule has 1 aromatic rings. The van der Waals surface area contributed by atoms with Crippen molar-refractivity contribution in [2.45, 2.75) is 25.4 Å². The lowest BCUT2D eigenvalue weighted by atomic mass is 10.1. The summed E-state index contributed by atoms with van der Waals surface area (Å²) in [5.74, 6) is -0.330. The lowest BCUT2D eigenvalue weighted by molar-refractivity contribution is -0.790. The van der Waals surface area contributed by atoms with Gasteiger partial charge in [-0.15, -0.1) is 20.2 Å². The Kier molecular flexibility index (Phi) is 7.04. The number of phenols is 1. The first-order valence-corrected chi connectivity index (χ1v) is 6.45. The molecule has 0 aliphatic carbocycles. The molecular weight excluding hydrogens is 316 g/mol. The SMILES string of the molecule is O=C(CCCC(CO[N+](=O)[O-])O[N+](=O)[O-])Oc1ccc(O)cc1. The second-order valence-corrected chi connectivity index (χ2v) is 4.33. The minimum absolute atomic E-state index is 0.000498. The van der Waals surface area contributed by atoms with Crippen LogP contribution in [0.15, 0.2) is 24.3 Å². The molecule has 1 aromatic carbocycles. The van der Waals surface area contributed by atoms with E-state index in [1.54, 1.807) is 0 Å². The van der Waals surface area contributed by atoms with Crippen LogP contribution in [-0.2, 0) is 14.5 Å². The van der Waals surface area contributed by atoms with Crippen molar-refractivity contribution >= 4 is 5.97 Å². The lowest BCUT2D eigenvalue weighted by Crippen LogP contribution is -2.25.